The van der Waals surface area contributed by atoms with E-state index in [1.54, 1.807) is 0 Å². The van der Waals surface area contributed by atoms with Crippen LogP contribution in [0.25, 0.3) is 0 Å². The van der Waals surface area contributed by atoms with E-state index in [4.69, 9.17) is 0 Å². The molecule has 6 nitrogen and oxygen atoms in total. The van der Waals surface area contributed by atoms with Gasteiger partial charge in [-0.2, -0.15) is 0 Å². The topological polar surface area (TPSA) is 189 Å². The van der Waals surface area contributed by atoms with Crippen molar-refractivity contribution in [2.24, 2.45) is 0 Å². The Balaban J connectivity index is 0. The third kappa shape index (κ3) is 222. The van der Waals surface area contributed by atoms with Gasteiger partial charge in [0.15, 0.2) is 0 Å². The van der Waals surface area contributed by atoms with Crippen molar-refractivity contribution in [3.8, 4) is 0 Å². The van der Waals surface area contributed by atoms with E-state index < -0.39 is 0 Å². The molecule has 0 saturated carbocycles. The molecule has 0 aliphatic rings. The molecule has 0 unspecified atom stereocenters. The summed E-state index contributed by atoms with van der Waals surface area (Å²) < 4.78 is 0. The van der Waals surface area contributed by atoms with Crippen molar-refractivity contribution >= 4 is 46.1 Å². The van der Waals surface area contributed by atoms with E-state index >= 15 is 0 Å². The Morgan fingerprint density at radius 1 is 0.400 bits per heavy atom. The fourth-order valence-corrected chi connectivity index (χ4v) is 0. The van der Waals surface area contributed by atoms with Gasteiger partial charge in [-0.15, -0.1) is 0 Å². The van der Waals surface area contributed by atoms with Crippen LogP contribution in [0.3, 0.4) is 0 Å². The maximum Gasteiger partial charge on any atom is 2.00 e. The van der Waals surface area contributed by atoms with Crippen molar-refractivity contribution < 1.29 is 60.5 Å². The molecule has 0 aromatic heterocycles. The molecule has 0 aromatic rings. The average Bonchev–Trinajstić information content (AvgIpc) is 0. The Morgan fingerprint density at radius 2 is 0.400 bits per heavy atom. The van der Waals surface area contributed by atoms with Crippen molar-refractivity contribution in [3.05, 3.63) is 0 Å². The number of hydrogen-bond acceptors (Lipinski definition) is 0. The zero-order valence-corrected chi connectivity index (χ0v) is 9.51. The van der Waals surface area contributed by atoms with Crippen LogP contribution in [-0.2, 0) is 0 Å². The van der Waals surface area contributed by atoms with E-state index in [2.05, 4.69) is 0 Å². The van der Waals surface area contributed by atoms with Gasteiger partial charge in [-0.1, -0.05) is 0 Å². The molecule has 0 fully saturated rings. The summed E-state index contributed by atoms with van der Waals surface area (Å²) in [6.45, 7) is 0. The van der Waals surface area contributed by atoms with Gasteiger partial charge in [0.05, 0.1) is 0 Å². The van der Waals surface area contributed by atoms with Crippen LogP contribution in [0, 0.1) is 0 Å². The first kappa shape index (κ1) is 400. The van der Waals surface area contributed by atoms with Crippen molar-refractivity contribution in [1.29, 1.82) is 0 Å². The third-order valence-electron chi connectivity index (χ3n) is 0. The molecular formula is H14Cl2Mg2O6. The van der Waals surface area contributed by atoms with Crippen LogP contribution in [-0.4, -0.2) is 79.0 Å². The van der Waals surface area contributed by atoms with Crippen LogP contribution in [0.1, 0.15) is 2.85 Å². The molecule has 0 saturated heterocycles. The number of hydrogen-bond donors (Lipinski definition) is 0. The fraction of sp³-hybridized carbons (Fsp3) is 0. The van der Waals surface area contributed by atoms with Gasteiger partial charge in [0.1, 0.15) is 0 Å². The van der Waals surface area contributed by atoms with Gasteiger partial charge in [0.25, 0.3) is 0 Å². The summed E-state index contributed by atoms with van der Waals surface area (Å²) in [5.41, 5.74) is 0. The maximum absolute atomic E-state index is 0. The summed E-state index contributed by atoms with van der Waals surface area (Å²) in [4.78, 5) is 0. The van der Waals surface area contributed by atoms with Crippen molar-refractivity contribution in [3.63, 3.8) is 0 Å². The summed E-state index contributed by atoms with van der Waals surface area (Å²) in [6.07, 6.45) is 0. The molecule has 0 atom stereocenters. The van der Waals surface area contributed by atoms with Crippen molar-refractivity contribution in [1.82, 2.24) is 0 Å². The van der Waals surface area contributed by atoms with Crippen LogP contribution >= 0.6 is 0 Å². The molecule has 12 N–H and O–H groups in total. The maximum atomic E-state index is 0. The summed E-state index contributed by atoms with van der Waals surface area (Å²) in [6, 6.07) is 0. The molecule has 68 valence electrons. The molecule has 0 aromatic carbocycles. The first-order valence-electron chi connectivity index (χ1n) is 0. The Morgan fingerprint density at radius 3 is 0.400 bits per heavy atom. The van der Waals surface area contributed by atoms with Gasteiger partial charge in [-0.25, -0.2) is 0 Å². The van der Waals surface area contributed by atoms with Gasteiger partial charge in [0, 0.05) is 0 Å². The second kappa shape index (κ2) is 302. The second-order valence-electron chi connectivity index (χ2n) is 0. The van der Waals surface area contributed by atoms with E-state index in [1.165, 1.54) is 0 Å². The summed E-state index contributed by atoms with van der Waals surface area (Å²) in [5, 5.41) is 0. The van der Waals surface area contributed by atoms with Crippen molar-refractivity contribution in [2.45, 2.75) is 0 Å². The van der Waals surface area contributed by atoms with Crippen molar-refractivity contribution in [2.75, 3.05) is 0 Å². The molecule has 0 aliphatic heterocycles. The minimum absolute atomic E-state index is 0. The fourth-order valence-electron chi connectivity index (χ4n) is 0. The van der Waals surface area contributed by atoms with Gasteiger partial charge in [-0.05, 0) is 0 Å². The second-order valence-corrected chi connectivity index (χ2v) is 0. The standard InChI is InChI=1S/2ClH.2Mg.6H2O.2H/h2*1H;;;6*1H2;;/q;;2*+2;;;;;;;2*-1/p-2. The van der Waals surface area contributed by atoms with E-state index in [1.807, 2.05) is 0 Å². The predicted molar refractivity (Wildman–Crippen MR) is 35.4 cm³/mol. The van der Waals surface area contributed by atoms with Gasteiger partial charge in [-0.3, -0.25) is 0 Å². The summed E-state index contributed by atoms with van der Waals surface area (Å²) in [7, 11) is 0. The third-order valence-corrected chi connectivity index (χ3v) is 0. The normalized spacial score (nSPS) is 0. The minimum Gasteiger partial charge on any atom is -1.00 e. The largest absolute Gasteiger partial charge is 2.00 e. The van der Waals surface area contributed by atoms with Crippen LogP contribution in [0.2, 0.25) is 0 Å². The Hall–Kier alpha value is 1.87. The van der Waals surface area contributed by atoms with Crippen LogP contribution < -0.4 is 24.8 Å². The molecule has 10 heavy (non-hydrogen) atoms. The number of halogens is 2. The zero-order chi connectivity index (χ0) is 0. The Kier molecular flexibility index (Phi) is 12100. The van der Waals surface area contributed by atoms with Gasteiger partial charge < -0.3 is 60.5 Å². The van der Waals surface area contributed by atoms with Crippen LogP contribution in [0.4, 0.5) is 0 Å². The molecule has 0 aliphatic carbocycles. The Bertz CT molecular complexity index is 21.5. The molecule has 0 radical (unpaired) electrons. The molecular weight excluding hydrogens is 216 g/mol. The minimum atomic E-state index is 0. The average molecular weight is 230 g/mol. The smallest absolute Gasteiger partial charge is 1.00 e. The molecule has 0 rings (SSSR count). The summed E-state index contributed by atoms with van der Waals surface area (Å²) in [5.74, 6) is 0. The van der Waals surface area contributed by atoms with Crippen LogP contribution in [0.15, 0.2) is 0 Å². The summed E-state index contributed by atoms with van der Waals surface area (Å²) >= 11 is 0. The van der Waals surface area contributed by atoms with E-state index in [0.29, 0.717) is 0 Å². The molecule has 0 bridgehead atoms. The molecule has 10 heteroatoms. The number of rotatable bonds is 0. The SMILES string of the molecule is O.O.O.O.O.O.[Cl-].[Cl-].[H-].[H-].[Mg+2].[Mg+2]. The van der Waals surface area contributed by atoms with E-state index in [-0.39, 0.29) is 107 Å². The molecule has 0 heterocycles. The quantitative estimate of drug-likeness (QED) is 0.357. The predicted octanol–water partition coefficient (Wildman–Crippen LogP) is -11.5. The zero-order valence-electron chi connectivity index (χ0n) is 7.17. The first-order valence-corrected chi connectivity index (χ1v) is 0. The first-order chi connectivity index (χ1) is 0. The van der Waals surface area contributed by atoms with Gasteiger partial charge in [0.2, 0.25) is 0 Å². The van der Waals surface area contributed by atoms with Crippen LogP contribution in [0.5, 0.6) is 0 Å². The van der Waals surface area contributed by atoms with Gasteiger partial charge >= 0.3 is 46.1 Å². The molecule has 0 amide bonds. The monoisotopic (exact) mass is 228 g/mol. The molecule has 0 spiro atoms. The van der Waals surface area contributed by atoms with E-state index in [0.717, 1.165) is 0 Å². The van der Waals surface area contributed by atoms with E-state index in [9.17, 15) is 0 Å². The Labute approximate surface area is 106 Å².